The molecular weight excluding hydrogens is 483 g/mol. The largest absolute Gasteiger partial charge is 0.444 e. The number of amides is 1. The first kappa shape index (κ1) is 24.0. The summed E-state index contributed by atoms with van der Waals surface area (Å²) in [6, 6.07) is 3.73. The maximum absolute atomic E-state index is 12.1. The zero-order valence-electron chi connectivity index (χ0n) is 16.9. The summed E-state index contributed by atoms with van der Waals surface area (Å²) in [6.45, 7) is 13.4. The van der Waals surface area contributed by atoms with Crippen molar-refractivity contribution in [1.29, 1.82) is 0 Å². The topological polar surface area (TPSA) is 93.7 Å². The number of benzene rings is 1. The summed E-state index contributed by atoms with van der Waals surface area (Å²) in [5, 5.41) is 2.66. The van der Waals surface area contributed by atoms with Crippen LogP contribution in [0.2, 0.25) is 0 Å². The van der Waals surface area contributed by atoms with Crippen LogP contribution in [0.1, 0.15) is 59.6 Å². The van der Waals surface area contributed by atoms with Gasteiger partial charge in [-0.05, 0) is 66.5 Å². The van der Waals surface area contributed by atoms with Gasteiger partial charge in [0.25, 0.3) is 0 Å². The molecule has 2 N–H and O–H groups in total. The van der Waals surface area contributed by atoms with Gasteiger partial charge in [0.1, 0.15) is 5.60 Å². The Bertz CT molecular complexity index is 780. The molecule has 0 saturated heterocycles. The van der Waals surface area contributed by atoms with E-state index in [1.807, 2.05) is 34.7 Å². The van der Waals surface area contributed by atoms with Gasteiger partial charge in [-0.3, -0.25) is 0 Å². The fraction of sp³-hybridized carbons (Fsp3) is 0.611. The molecular formula is C18H29IN2O5S. The van der Waals surface area contributed by atoms with Gasteiger partial charge >= 0.3 is 16.4 Å². The molecule has 1 amide bonds. The average Bonchev–Trinajstić information content (AvgIpc) is 2.44. The van der Waals surface area contributed by atoms with Gasteiger partial charge in [0.15, 0.2) is 5.75 Å². The normalized spacial score (nSPS) is 12.6. The van der Waals surface area contributed by atoms with E-state index < -0.39 is 22.0 Å². The monoisotopic (exact) mass is 512 g/mol. The Kier molecular flexibility index (Phi) is 7.95. The number of carbonyl (C=O) groups is 1. The lowest BCUT2D eigenvalue weighted by molar-refractivity contribution is 0.0523. The van der Waals surface area contributed by atoms with Gasteiger partial charge in [-0.2, -0.15) is 13.1 Å². The van der Waals surface area contributed by atoms with Crippen LogP contribution < -0.4 is 14.2 Å². The fourth-order valence-corrected chi connectivity index (χ4v) is 3.88. The molecule has 0 unspecified atom stereocenters. The summed E-state index contributed by atoms with van der Waals surface area (Å²) in [4.78, 5) is 12.0. The lowest BCUT2D eigenvalue weighted by Gasteiger charge is -2.23. The van der Waals surface area contributed by atoms with Crippen molar-refractivity contribution in [3.8, 4) is 5.75 Å². The van der Waals surface area contributed by atoms with Crippen LogP contribution in [-0.4, -0.2) is 26.7 Å². The number of rotatable bonds is 6. The molecule has 7 nitrogen and oxygen atoms in total. The van der Waals surface area contributed by atoms with E-state index in [-0.39, 0.29) is 24.3 Å². The van der Waals surface area contributed by atoms with Crippen LogP contribution >= 0.6 is 22.6 Å². The molecule has 0 aliphatic heterocycles. The Balaban J connectivity index is 3.23. The Hall–Kier alpha value is -1.07. The minimum absolute atomic E-state index is 0.0752. The van der Waals surface area contributed by atoms with Crippen molar-refractivity contribution < 1.29 is 22.1 Å². The average molecular weight is 512 g/mol. The van der Waals surface area contributed by atoms with Gasteiger partial charge in [-0.15, -0.1) is 0 Å². The molecule has 27 heavy (non-hydrogen) atoms. The van der Waals surface area contributed by atoms with Crippen LogP contribution in [0.25, 0.3) is 0 Å². The number of hydrogen-bond acceptors (Lipinski definition) is 5. The van der Waals surface area contributed by atoms with Crippen molar-refractivity contribution in [3.63, 3.8) is 0 Å². The highest BCUT2D eigenvalue weighted by Crippen LogP contribution is 2.33. The number of alkyl carbamates (subject to hydrolysis) is 1. The molecule has 1 rings (SSSR count). The van der Waals surface area contributed by atoms with Gasteiger partial charge < -0.3 is 14.2 Å². The summed E-state index contributed by atoms with van der Waals surface area (Å²) < 4.78 is 37.6. The van der Waals surface area contributed by atoms with Crippen molar-refractivity contribution >= 4 is 39.0 Å². The Morgan fingerprint density at radius 2 is 1.74 bits per heavy atom. The molecule has 0 saturated carbocycles. The third-order valence-corrected chi connectivity index (χ3v) is 5.15. The molecule has 154 valence electrons. The number of carbonyl (C=O) groups excluding carboxylic acids is 1. The van der Waals surface area contributed by atoms with E-state index in [1.54, 1.807) is 27.7 Å². The second kappa shape index (κ2) is 8.95. The third kappa shape index (κ3) is 8.22. The van der Waals surface area contributed by atoms with Gasteiger partial charge in [0.05, 0.1) is 3.57 Å². The predicted molar refractivity (Wildman–Crippen MR) is 114 cm³/mol. The zero-order valence-corrected chi connectivity index (χ0v) is 19.9. The van der Waals surface area contributed by atoms with Crippen LogP contribution in [0.3, 0.4) is 0 Å². The maximum Gasteiger partial charge on any atom is 0.407 e. The number of ether oxygens (including phenoxy) is 1. The van der Waals surface area contributed by atoms with E-state index in [1.165, 1.54) is 0 Å². The van der Waals surface area contributed by atoms with Crippen LogP contribution in [-0.2, 0) is 27.0 Å². The lowest BCUT2D eigenvalue weighted by Crippen LogP contribution is -2.33. The van der Waals surface area contributed by atoms with E-state index in [9.17, 15) is 13.2 Å². The second-order valence-corrected chi connectivity index (χ2v) is 10.6. The van der Waals surface area contributed by atoms with Crippen molar-refractivity contribution in [1.82, 2.24) is 10.0 Å². The summed E-state index contributed by atoms with van der Waals surface area (Å²) in [5.74, 6) is 0.195. The molecule has 0 heterocycles. The van der Waals surface area contributed by atoms with Crippen molar-refractivity contribution in [2.75, 3.05) is 6.54 Å². The van der Waals surface area contributed by atoms with Crippen LogP contribution in [0.15, 0.2) is 12.1 Å². The Morgan fingerprint density at radius 1 is 1.15 bits per heavy atom. The Labute approximate surface area is 176 Å². The minimum Gasteiger partial charge on any atom is -0.444 e. The van der Waals surface area contributed by atoms with E-state index in [2.05, 4.69) is 30.8 Å². The smallest absolute Gasteiger partial charge is 0.407 e. The molecule has 0 aliphatic carbocycles. The summed E-state index contributed by atoms with van der Waals surface area (Å²) in [5.41, 5.74) is 0.777. The summed E-state index contributed by atoms with van der Waals surface area (Å²) in [7, 11) is -3.94. The van der Waals surface area contributed by atoms with E-state index in [0.717, 1.165) is 5.56 Å². The Morgan fingerprint density at radius 3 is 2.22 bits per heavy atom. The van der Waals surface area contributed by atoms with Crippen LogP contribution in [0.5, 0.6) is 5.75 Å². The van der Waals surface area contributed by atoms with Crippen LogP contribution in [0.4, 0.5) is 4.79 Å². The van der Waals surface area contributed by atoms with Crippen molar-refractivity contribution in [2.24, 2.45) is 0 Å². The highest BCUT2D eigenvalue weighted by molar-refractivity contribution is 14.1. The first-order valence-electron chi connectivity index (χ1n) is 8.63. The van der Waals surface area contributed by atoms with Gasteiger partial charge in [0, 0.05) is 18.7 Å². The molecule has 0 aliphatic rings. The molecule has 1 aromatic carbocycles. The molecule has 0 atom stereocenters. The van der Waals surface area contributed by atoms with Gasteiger partial charge in [-0.1, -0.05) is 27.7 Å². The fourth-order valence-electron chi connectivity index (χ4n) is 2.11. The predicted octanol–water partition coefficient (Wildman–Crippen LogP) is 3.85. The zero-order chi connectivity index (χ0) is 21.0. The summed E-state index contributed by atoms with van der Waals surface area (Å²) >= 11 is 2.04. The quantitative estimate of drug-likeness (QED) is 0.565. The first-order valence-corrected chi connectivity index (χ1v) is 11.1. The molecule has 9 heteroatoms. The SMILES string of the molecule is CCNS(=O)(=O)Oc1c(I)cc(C(C)(C)C)cc1CNC(=O)OC(C)(C)C. The van der Waals surface area contributed by atoms with Gasteiger partial charge in [-0.25, -0.2) is 4.79 Å². The van der Waals surface area contributed by atoms with E-state index >= 15 is 0 Å². The van der Waals surface area contributed by atoms with Crippen molar-refractivity contribution in [2.45, 2.75) is 66.0 Å². The van der Waals surface area contributed by atoms with E-state index in [4.69, 9.17) is 8.92 Å². The molecule has 0 spiro atoms. The molecule has 0 fully saturated rings. The number of halogens is 1. The minimum atomic E-state index is -3.94. The molecule has 1 aromatic rings. The number of nitrogens with one attached hydrogen (secondary N) is 2. The van der Waals surface area contributed by atoms with Crippen molar-refractivity contribution in [3.05, 3.63) is 26.8 Å². The van der Waals surface area contributed by atoms with E-state index in [0.29, 0.717) is 9.13 Å². The highest BCUT2D eigenvalue weighted by Gasteiger charge is 2.23. The standard InChI is InChI=1S/C18H29IN2O5S/c1-8-21-27(23,24)26-15-12(11-20-16(22)25-18(5,6)7)9-13(10-14(15)19)17(2,3)4/h9-10,21H,8,11H2,1-7H3,(H,20,22). The van der Waals surface area contributed by atoms with Crippen LogP contribution in [0, 0.1) is 3.57 Å². The van der Waals surface area contributed by atoms with Gasteiger partial charge in [0.2, 0.25) is 0 Å². The molecule has 0 radical (unpaired) electrons. The number of hydrogen-bond donors (Lipinski definition) is 2. The highest BCUT2D eigenvalue weighted by atomic mass is 127. The lowest BCUT2D eigenvalue weighted by atomic mass is 9.86. The summed E-state index contributed by atoms with van der Waals surface area (Å²) in [6.07, 6.45) is -0.584. The first-order chi connectivity index (χ1) is 12.1. The maximum atomic E-state index is 12.1. The third-order valence-electron chi connectivity index (χ3n) is 3.32. The molecule has 0 bridgehead atoms. The molecule has 0 aromatic heterocycles. The second-order valence-electron chi connectivity index (χ2n) is 8.09.